The Bertz CT molecular complexity index is 1150. The molecular formula is C22H23BrN4O3. The predicted molar refractivity (Wildman–Crippen MR) is 121 cm³/mol. The summed E-state index contributed by atoms with van der Waals surface area (Å²) in [5.74, 6) is -0.530. The van der Waals surface area contributed by atoms with Crippen LogP contribution in [0.3, 0.4) is 0 Å². The summed E-state index contributed by atoms with van der Waals surface area (Å²) in [6.07, 6.45) is 2.17. The van der Waals surface area contributed by atoms with E-state index in [0.717, 1.165) is 10.9 Å². The van der Waals surface area contributed by atoms with E-state index in [1.165, 1.54) is 10.9 Å². The van der Waals surface area contributed by atoms with Gasteiger partial charge in [-0.1, -0.05) is 22.9 Å². The average Bonchev–Trinajstić information content (AvgIpc) is 2.70. The maximum absolute atomic E-state index is 12.6. The van der Waals surface area contributed by atoms with E-state index in [-0.39, 0.29) is 29.5 Å². The zero-order chi connectivity index (χ0) is 21.9. The fourth-order valence-electron chi connectivity index (χ4n) is 2.77. The molecule has 156 valence electrons. The molecule has 3 aromatic rings. The third-order valence-corrected chi connectivity index (χ3v) is 5.36. The standard InChI is InChI=1S/C22H23BrN4O3/c1-4-22(2,3)26-20(29)14-5-8-16(9-6-14)25-19(28)12-27-13-24-18-10-7-15(23)11-17(18)21(27)30/h5-11,13H,4,12H2,1-3H3,(H,25,28)(H,26,29). The van der Waals surface area contributed by atoms with E-state index in [4.69, 9.17) is 0 Å². The average molecular weight is 471 g/mol. The number of aromatic nitrogens is 2. The zero-order valence-corrected chi connectivity index (χ0v) is 18.6. The first-order chi connectivity index (χ1) is 14.2. The van der Waals surface area contributed by atoms with Crippen molar-refractivity contribution >= 4 is 44.3 Å². The number of rotatable bonds is 6. The highest BCUT2D eigenvalue weighted by Gasteiger charge is 2.18. The van der Waals surface area contributed by atoms with E-state index in [1.54, 1.807) is 42.5 Å². The van der Waals surface area contributed by atoms with Crippen molar-refractivity contribution in [2.24, 2.45) is 0 Å². The number of hydrogen-bond acceptors (Lipinski definition) is 4. The number of nitrogens with one attached hydrogen (secondary N) is 2. The summed E-state index contributed by atoms with van der Waals surface area (Å²) in [7, 11) is 0. The third-order valence-electron chi connectivity index (χ3n) is 4.87. The normalized spacial score (nSPS) is 11.3. The molecule has 0 atom stereocenters. The van der Waals surface area contributed by atoms with Crippen LogP contribution in [0.1, 0.15) is 37.6 Å². The van der Waals surface area contributed by atoms with Crippen LogP contribution in [-0.4, -0.2) is 26.9 Å². The molecule has 0 saturated carbocycles. The van der Waals surface area contributed by atoms with Crippen molar-refractivity contribution in [1.29, 1.82) is 0 Å². The molecule has 2 amide bonds. The SMILES string of the molecule is CCC(C)(C)NC(=O)c1ccc(NC(=O)Cn2cnc3ccc(Br)cc3c2=O)cc1. The summed E-state index contributed by atoms with van der Waals surface area (Å²) in [5.41, 5.74) is 1.04. The van der Waals surface area contributed by atoms with Crippen LogP contribution in [0.15, 0.2) is 58.1 Å². The Kier molecular flexibility index (Phi) is 6.36. The lowest BCUT2D eigenvalue weighted by Gasteiger charge is -2.24. The largest absolute Gasteiger partial charge is 0.347 e. The summed E-state index contributed by atoms with van der Waals surface area (Å²) in [6, 6.07) is 11.8. The van der Waals surface area contributed by atoms with Crippen LogP contribution in [-0.2, 0) is 11.3 Å². The van der Waals surface area contributed by atoms with Crippen molar-refractivity contribution in [3.05, 3.63) is 69.2 Å². The van der Waals surface area contributed by atoms with Gasteiger partial charge in [-0.15, -0.1) is 0 Å². The third kappa shape index (κ3) is 5.13. The molecule has 0 radical (unpaired) electrons. The molecule has 0 aliphatic carbocycles. The summed E-state index contributed by atoms with van der Waals surface area (Å²) in [4.78, 5) is 41.5. The van der Waals surface area contributed by atoms with Crippen LogP contribution >= 0.6 is 15.9 Å². The monoisotopic (exact) mass is 470 g/mol. The quantitative estimate of drug-likeness (QED) is 0.573. The summed E-state index contributed by atoms with van der Waals surface area (Å²) >= 11 is 3.34. The molecule has 0 bridgehead atoms. The number of anilines is 1. The second-order valence-electron chi connectivity index (χ2n) is 7.66. The molecule has 2 N–H and O–H groups in total. The maximum atomic E-state index is 12.6. The van der Waals surface area contributed by atoms with Crippen molar-refractivity contribution in [3.8, 4) is 0 Å². The van der Waals surface area contributed by atoms with Gasteiger partial charge in [0, 0.05) is 21.3 Å². The highest BCUT2D eigenvalue weighted by atomic mass is 79.9. The second-order valence-corrected chi connectivity index (χ2v) is 8.57. The number of hydrogen-bond donors (Lipinski definition) is 2. The topological polar surface area (TPSA) is 93.1 Å². The van der Waals surface area contributed by atoms with Gasteiger partial charge >= 0.3 is 0 Å². The minimum absolute atomic E-state index is 0.165. The molecule has 2 aromatic carbocycles. The van der Waals surface area contributed by atoms with Gasteiger partial charge in [-0.25, -0.2) is 4.98 Å². The Labute approximate surface area is 182 Å². The maximum Gasteiger partial charge on any atom is 0.261 e. The minimum atomic E-state index is -0.363. The lowest BCUT2D eigenvalue weighted by atomic mass is 10.0. The summed E-state index contributed by atoms with van der Waals surface area (Å²) in [6.45, 7) is 5.76. The van der Waals surface area contributed by atoms with E-state index in [0.29, 0.717) is 22.2 Å². The molecule has 7 nitrogen and oxygen atoms in total. The number of benzene rings is 2. The molecule has 0 aliphatic heterocycles. The fraction of sp³-hybridized carbons (Fsp3) is 0.273. The van der Waals surface area contributed by atoms with Crippen molar-refractivity contribution < 1.29 is 9.59 Å². The van der Waals surface area contributed by atoms with Crippen LogP contribution in [0.25, 0.3) is 10.9 Å². The second kappa shape index (κ2) is 8.79. The zero-order valence-electron chi connectivity index (χ0n) is 17.0. The van der Waals surface area contributed by atoms with Crippen molar-refractivity contribution in [3.63, 3.8) is 0 Å². The highest BCUT2D eigenvalue weighted by molar-refractivity contribution is 9.10. The number of nitrogens with zero attached hydrogens (tertiary/aromatic N) is 2. The molecular weight excluding hydrogens is 448 g/mol. The number of carbonyl (C=O) groups excluding carboxylic acids is 2. The number of halogens is 1. The van der Waals surface area contributed by atoms with E-state index < -0.39 is 0 Å². The molecule has 0 fully saturated rings. The van der Waals surface area contributed by atoms with Crippen LogP contribution < -0.4 is 16.2 Å². The van der Waals surface area contributed by atoms with Crippen LogP contribution in [0.2, 0.25) is 0 Å². The van der Waals surface area contributed by atoms with Gasteiger partial charge in [-0.3, -0.25) is 19.0 Å². The van der Waals surface area contributed by atoms with Gasteiger partial charge in [0.1, 0.15) is 6.54 Å². The Hall–Kier alpha value is -3.00. The smallest absolute Gasteiger partial charge is 0.261 e. The lowest BCUT2D eigenvalue weighted by molar-refractivity contribution is -0.116. The Morgan fingerprint density at radius 1 is 1.13 bits per heavy atom. The Balaban J connectivity index is 1.68. The first-order valence-corrected chi connectivity index (χ1v) is 10.3. The molecule has 0 aliphatic rings. The van der Waals surface area contributed by atoms with Crippen LogP contribution in [0.4, 0.5) is 5.69 Å². The fourth-order valence-corrected chi connectivity index (χ4v) is 3.13. The van der Waals surface area contributed by atoms with Crippen LogP contribution in [0.5, 0.6) is 0 Å². The van der Waals surface area contributed by atoms with E-state index in [2.05, 4.69) is 31.5 Å². The van der Waals surface area contributed by atoms with Gasteiger partial charge < -0.3 is 10.6 Å². The van der Waals surface area contributed by atoms with Gasteiger partial charge in [0.15, 0.2) is 0 Å². The first kappa shape index (κ1) is 21.7. The number of carbonyl (C=O) groups is 2. The van der Waals surface area contributed by atoms with Crippen LogP contribution in [0, 0.1) is 0 Å². The number of fused-ring (bicyclic) bond motifs is 1. The predicted octanol–water partition coefficient (Wildman–Crippen LogP) is 3.72. The molecule has 1 heterocycles. The van der Waals surface area contributed by atoms with Gasteiger partial charge in [0.25, 0.3) is 11.5 Å². The van der Waals surface area contributed by atoms with E-state index in [1.807, 2.05) is 20.8 Å². The van der Waals surface area contributed by atoms with E-state index in [9.17, 15) is 14.4 Å². The van der Waals surface area contributed by atoms with E-state index >= 15 is 0 Å². The van der Waals surface area contributed by atoms with Gasteiger partial charge in [0.05, 0.1) is 17.2 Å². The lowest BCUT2D eigenvalue weighted by Crippen LogP contribution is -2.42. The summed E-state index contributed by atoms with van der Waals surface area (Å²) < 4.78 is 2.03. The molecule has 0 unspecified atom stereocenters. The molecule has 30 heavy (non-hydrogen) atoms. The van der Waals surface area contributed by atoms with Gasteiger partial charge in [-0.05, 0) is 62.7 Å². The first-order valence-electron chi connectivity index (χ1n) is 9.55. The summed E-state index contributed by atoms with van der Waals surface area (Å²) in [5, 5.41) is 6.14. The minimum Gasteiger partial charge on any atom is -0.347 e. The Morgan fingerprint density at radius 3 is 2.50 bits per heavy atom. The van der Waals surface area contributed by atoms with Gasteiger partial charge in [0.2, 0.25) is 5.91 Å². The molecule has 8 heteroatoms. The van der Waals surface area contributed by atoms with Gasteiger partial charge in [-0.2, -0.15) is 0 Å². The number of amides is 2. The molecule has 0 saturated heterocycles. The van der Waals surface area contributed by atoms with Crippen molar-refractivity contribution in [2.45, 2.75) is 39.3 Å². The van der Waals surface area contributed by atoms with Crippen molar-refractivity contribution in [1.82, 2.24) is 14.9 Å². The highest BCUT2D eigenvalue weighted by Crippen LogP contribution is 2.15. The molecule has 1 aromatic heterocycles. The molecule has 3 rings (SSSR count). The Morgan fingerprint density at radius 2 is 1.83 bits per heavy atom. The molecule has 0 spiro atoms. The van der Waals surface area contributed by atoms with Crippen molar-refractivity contribution in [2.75, 3.05) is 5.32 Å².